The zero-order valence-corrected chi connectivity index (χ0v) is 59.3. The van der Waals surface area contributed by atoms with Gasteiger partial charge in [0.25, 0.3) is 0 Å². The summed E-state index contributed by atoms with van der Waals surface area (Å²) in [5.74, 6) is 5.19. The molecule has 96 heavy (non-hydrogen) atoms. The molecule has 4 aromatic heterocycles. The number of aliphatic hydroxyl groups is 3. The number of aromatic nitrogens is 7. The average molecular weight is 1300 g/mol. The molecule has 512 valence electrons. The van der Waals surface area contributed by atoms with E-state index in [1.54, 1.807) is 32.9 Å². The zero-order valence-electron chi connectivity index (χ0n) is 59.3. The number of methoxy groups -OCH3 is 2. The number of benzene rings is 4. The SMILES string of the molecule is CC(C)CCN(C)c1ccc(/C=C/c2ccncn2)cc1.CC(C)CCN(CCO)c1ccc(/C=C/c2ccccn2)cc1.COc1cc(/C=C/c2ccc(N(CCO)CCC(C)C)cc2)nc(C)n1.COc1cc(/C=C/c2ccc(N(CCO)CCC(C)C)cc2)nc(C)n1. The van der Waals surface area contributed by atoms with Crippen molar-refractivity contribution in [3.8, 4) is 11.8 Å². The molecule has 0 radical (unpaired) electrons. The number of rotatable bonds is 32. The lowest BCUT2D eigenvalue weighted by molar-refractivity contribution is 0.300. The van der Waals surface area contributed by atoms with Gasteiger partial charge < -0.3 is 44.4 Å². The Morgan fingerprint density at radius 3 is 1.03 bits per heavy atom. The molecular weight excluding hydrogens is 1190 g/mol. The molecule has 8 aromatic rings. The summed E-state index contributed by atoms with van der Waals surface area (Å²) in [5, 5.41) is 27.9. The molecule has 16 heteroatoms. The van der Waals surface area contributed by atoms with Gasteiger partial charge >= 0.3 is 0 Å². The monoisotopic (exact) mass is 1300 g/mol. The van der Waals surface area contributed by atoms with Gasteiger partial charge in [0.2, 0.25) is 11.8 Å². The molecule has 0 bridgehead atoms. The number of pyridine rings is 1. The highest BCUT2D eigenvalue weighted by Crippen LogP contribution is 2.23. The zero-order chi connectivity index (χ0) is 69.5. The summed E-state index contributed by atoms with van der Waals surface area (Å²) in [6, 6.07) is 45.2. The Kier molecular flexibility index (Phi) is 35.4. The van der Waals surface area contributed by atoms with Gasteiger partial charge in [-0.25, -0.2) is 19.9 Å². The summed E-state index contributed by atoms with van der Waals surface area (Å²) in [6.07, 6.45) is 25.8. The number of ether oxygens (including phenoxy) is 2. The number of hydrogen-bond acceptors (Lipinski definition) is 16. The molecule has 4 heterocycles. The van der Waals surface area contributed by atoms with Crippen LogP contribution in [-0.2, 0) is 0 Å². The predicted molar refractivity (Wildman–Crippen MR) is 403 cm³/mol. The van der Waals surface area contributed by atoms with Crippen molar-refractivity contribution in [2.24, 2.45) is 23.7 Å². The predicted octanol–water partition coefficient (Wildman–Crippen LogP) is 15.8. The quantitative estimate of drug-likeness (QED) is 0.0362. The van der Waals surface area contributed by atoms with Crippen LogP contribution in [-0.4, -0.2) is 137 Å². The molecule has 0 aliphatic carbocycles. The minimum Gasteiger partial charge on any atom is -0.481 e. The largest absolute Gasteiger partial charge is 0.481 e. The second kappa shape index (κ2) is 43.8. The van der Waals surface area contributed by atoms with Crippen molar-refractivity contribution in [1.82, 2.24) is 34.9 Å². The number of aliphatic hydroxyl groups excluding tert-OH is 3. The molecule has 16 nitrogen and oxygen atoms in total. The van der Waals surface area contributed by atoms with E-state index in [9.17, 15) is 15.3 Å². The molecular formula is C80H107N11O5. The minimum atomic E-state index is 0.161. The van der Waals surface area contributed by atoms with Crippen LogP contribution < -0.4 is 29.1 Å². The molecule has 4 aromatic carbocycles. The fourth-order valence-electron chi connectivity index (χ4n) is 9.63. The first kappa shape index (κ1) is 77.6. The molecule has 0 fully saturated rings. The van der Waals surface area contributed by atoms with Crippen molar-refractivity contribution in [2.45, 2.75) is 94.9 Å². The van der Waals surface area contributed by atoms with Crippen molar-refractivity contribution in [1.29, 1.82) is 0 Å². The summed E-state index contributed by atoms with van der Waals surface area (Å²) in [6.45, 7) is 28.0. The van der Waals surface area contributed by atoms with E-state index in [4.69, 9.17) is 9.47 Å². The molecule has 0 amide bonds. The molecule has 0 aliphatic heterocycles. The Bertz CT molecular complexity index is 3380. The van der Waals surface area contributed by atoms with Gasteiger partial charge in [0.1, 0.15) is 18.0 Å². The third-order valence-corrected chi connectivity index (χ3v) is 15.4. The Hall–Kier alpha value is -9.09. The smallest absolute Gasteiger partial charge is 0.216 e. The second-order valence-electron chi connectivity index (χ2n) is 25.1. The van der Waals surface area contributed by atoms with Crippen LogP contribution in [0, 0.1) is 37.5 Å². The fraction of sp³-hybridized carbons (Fsp3) is 0.388. The van der Waals surface area contributed by atoms with Gasteiger partial charge in [0.05, 0.1) is 56.8 Å². The molecule has 0 saturated heterocycles. The molecule has 0 aliphatic rings. The van der Waals surface area contributed by atoms with Crippen LogP contribution in [0.15, 0.2) is 152 Å². The molecule has 0 unspecified atom stereocenters. The van der Waals surface area contributed by atoms with E-state index in [-0.39, 0.29) is 19.8 Å². The van der Waals surface area contributed by atoms with Crippen molar-refractivity contribution in [2.75, 3.05) is 107 Å². The van der Waals surface area contributed by atoms with Gasteiger partial charge in [-0.05, 0) is 176 Å². The maximum absolute atomic E-state index is 9.32. The Labute approximate surface area is 574 Å². The topological polar surface area (TPSA) is 182 Å². The van der Waals surface area contributed by atoms with Gasteiger partial charge in [0.15, 0.2) is 0 Å². The molecule has 8 rings (SSSR count). The van der Waals surface area contributed by atoms with Gasteiger partial charge in [0, 0.05) is 100 Å². The third kappa shape index (κ3) is 30.5. The number of anilines is 4. The van der Waals surface area contributed by atoms with E-state index in [0.717, 1.165) is 108 Å². The van der Waals surface area contributed by atoms with Crippen LogP contribution in [0.4, 0.5) is 22.7 Å². The standard InChI is InChI=1S/2C21H29N3O2.C20H26N2O.C18H23N3/c2*1-16(2)11-12-24(13-14-25)20-9-6-18(7-10-20)5-8-19-15-21(26-4)23-17(3)22-19;1-17(2)12-14-22(15-16-23)20-10-7-18(8-11-20)6-9-19-5-3-4-13-21-19;1-15(2)11-13-21(3)18-8-5-16(6-9-18)4-7-17-10-12-19-14-20-17/h2*5-10,15-16,25H,11-14H2,1-4H3;3-11,13,17,23H,12,14-16H2,1-2H3;4-10,12,14-15H,11,13H2,1-3H3/b2*8-5+;9-6+;7-4+. The lowest BCUT2D eigenvalue weighted by Gasteiger charge is -2.25. The maximum atomic E-state index is 9.32. The van der Waals surface area contributed by atoms with Gasteiger partial charge in [-0.2, -0.15) is 9.97 Å². The summed E-state index contributed by atoms with van der Waals surface area (Å²) in [5.41, 5.74) is 12.7. The van der Waals surface area contributed by atoms with E-state index in [1.165, 1.54) is 17.7 Å². The van der Waals surface area contributed by atoms with Gasteiger partial charge in [-0.15, -0.1) is 0 Å². The van der Waals surface area contributed by atoms with Crippen molar-refractivity contribution in [3.05, 3.63) is 209 Å². The van der Waals surface area contributed by atoms with E-state index < -0.39 is 0 Å². The highest BCUT2D eigenvalue weighted by molar-refractivity contribution is 5.72. The maximum Gasteiger partial charge on any atom is 0.216 e. The Morgan fingerprint density at radius 2 is 0.719 bits per heavy atom. The van der Waals surface area contributed by atoms with Crippen molar-refractivity contribution >= 4 is 71.4 Å². The summed E-state index contributed by atoms with van der Waals surface area (Å²) in [7, 11) is 5.35. The first-order valence-electron chi connectivity index (χ1n) is 33.7. The van der Waals surface area contributed by atoms with E-state index in [2.05, 4.69) is 226 Å². The molecule has 3 N–H and O–H groups in total. The van der Waals surface area contributed by atoms with E-state index >= 15 is 0 Å². The third-order valence-electron chi connectivity index (χ3n) is 15.4. The molecule has 0 spiro atoms. The summed E-state index contributed by atoms with van der Waals surface area (Å²) >= 11 is 0. The van der Waals surface area contributed by atoms with Crippen LogP contribution in [0.3, 0.4) is 0 Å². The normalized spacial score (nSPS) is 11.3. The number of nitrogens with zero attached hydrogens (tertiary/aromatic N) is 11. The van der Waals surface area contributed by atoms with Crippen molar-refractivity contribution in [3.63, 3.8) is 0 Å². The van der Waals surface area contributed by atoms with Crippen LogP contribution in [0.5, 0.6) is 11.8 Å². The Balaban J connectivity index is 0.000000232. The molecule has 0 atom stereocenters. The Morgan fingerprint density at radius 1 is 0.375 bits per heavy atom. The van der Waals surface area contributed by atoms with Gasteiger partial charge in [-0.3, -0.25) is 4.98 Å². The minimum absolute atomic E-state index is 0.161. The van der Waals surface area contributed by atoms with Crippen molar-refractivity contribution < 1.29 is 24.8 Å². The lowest BCUT2D eigenvalue weighted by Crippen LogP contribution is -2.28. The van der Waals surface area contributed by atoms with Gasteiger partial charge in [-0.1, -0.05) is 134 Å². The summed E-state index contributed by atoms with van der Waals surface area (Å²) in [4.78, 5) is 38.5. The first-order valence-corrected chi connectivity index (χ1v) is 33.7. The highest BCUT2D eigenvalue weighted by Gasteiger charge is 2.11. The summed E-state index contributed by atoms with van der Waals surface area (Å²) < 4.78 is 10.4. The molecule has 0 saturated carbocycles. The lowest BCUT2D eigenvalue weighted by atomic mass is 10.1. The number of aryl methyl sites for hydroxylation is 2. The van der Waals surface area contributed by atoms with E-state index in [0.29, 0.717) is 60.8 Å². The average Bonchev–Trinajstić information content (AvgIpc) is 1.17. The number of hydrogen-bond donors (Lipinski definition) is 3. The second-order valence-corrected chi connectivity index (χ2v) is 25.1. The van der Waals surface area contributed by atoms with Crippen LogP contribution in [0.2, 0.25) is 0 Å². The van der Waals surface area contributed by atoms with Crippen LogP contribution >= 0.6 is 0 Å². The highest BCUT2D eigenvalue weighted by atomic mass is 16.5. The van der Waals surface area contributed by atoms with Crippen LogP contribution in [0.25, 0.3) is 48.6 Å². The van der Waals surface area contributed by atoms with E-state index in [1.807, 2.05) is 86.7 Å². The van der Waals surface area contributed by atoms with Crippen LogP contribution in [0.1, 0.15) is 138 Å². The fourth-order valence-corrected chi connectivity index (χ4v) is 9.63. The first-order chi connectivity index (χ1) is 46.4.